The number of amides is 1. The summed E-state index contributed by atoms with van der Waals surface area (Å²) in [6, 6.07) is 4.35. The van der Waals surface area contributed by atoms with Gasteiger partial charge in [0, 0.05) is 17.7 Å². The number of rotatable bonds is 5. The summed E-state index contributed by atoms with van der Waals surface area (Å²) in [5.74, 6) is -1.09. The van der Waals surface area contributed by atoms with Crippen molar-refractivity contribution < 1.29 is 19.2 Å². The van der Waals surface area contributed by atoms with E-state index in [-0.39, 0.29) is 28.8 Å². The maximum Gasteiger partial charge on any atom is 0.339 e. The Balaban J connectivity index is 2.07. The van der Waals surface area contributed by atoms with Crippen LogP contribution in [-0.2, 0) is 9.53 Å². The van der Waals surface area contributed by atoms with Gasteiger partial charge in [0.1, 0.15) is 0 Å². The quantitative estimate of drug-likeness (QED) is 0.506. The molecule has 7 nitrogen and oxygen atoms in total. The molecule has 21 heavy (non-hydrogen) atoms. The van der Waals surface area contributed by atoms with Gasteiger partial charge in [-0.3, -0.25) is 14.9 Å². The van der Waals surface area contributed by atoms with E-state index in [1.807, 2.05) is 0 Å². The van der Waals surface area contributed by atoms with Crippen molar-refractivity contribution in [2.75, 3.05) is 0 Å². The van der Waals surface area contributed by atoms with Crippen LogP contribution in [0.15, 0.2) is 18.2 Å². The first-order valence-corrected chi connectivity index (χ1v) is 6.65. The number of carbonyl (C=O) groups excluding carboxylic acids is 2. The standard InChI is InChI=1S/C14H16N2O5/c1-8-11(4-3-5-12(8)16(19)20)14(18)21-9(2)13(17)15-10-6-7-10/h3-5,9-10H,6-7H2,1-2H3,(H,15,17). The average molecular weight is 292 g/mol. The van der Waals surface area contributed by atoms with Crippen LogP contribution in [0.5, 0.6) is 0 Å². The molecule has 0 spiro atoms. The van der Waals surface area contributed by atoms with Crippen molar-refractivity contribution in [2.24, 2.45) is 0 Å². The molecule has 1 N–H and O–H groups in total. The molecule has 1 saturated carbocycles. The van der Waals surface area contributed by atoms with Crippen molar-refractivity contribution in [3.05, 3.63) is 39.4 Å². The lowest BCUT2D eigenvalue weighted by Crippen LogP contribution is -2.37. The molecule has 0 heterocycles. The van der Waals surface area contributed by atoms with Crippen molar-refractivity contribution in [3.8, 4) is 0 Å². The van der Waals surface area contributed by atoms with E-state index in [4.69, 9.17) is 4.74 Å². The fourth-order valence-electron chi connectivity index (χ4n) is 1.87. The van der Waals surface area contributed by atoms with Crippen molar-refractivity contribution in [1.82, 2.24) is 5.32 Å². The van der Waals surface area contributed by atoms with Gasteiger partial charge in [0.2, 0.25) is 0 Å². The lowest BCUT2D eigenvalue weighted by Gasteiger charge is -2.14. The molecule has 112 valence electrons. The molecular formula is C14H16N2O5. The fourth-order valence-corrected chi connectivity index (χ4v) is 1.87. The largest absolute Gasteiger partial charge is 0.449 e. The maximum atomic E-state index is 12.0. The van der Waals surface area contributed by atoms with Gasteiger partial charge >= 0.3 is 5.97 Å². The van der Waals surface area contributed by atoms with Crippen molar-refractivity contribution >= 4 is 17.6 Å². The molecule has 1 amide bonds. The van der Waals surface area contributed by atoms with Crippen LogP contribution in [0.3, 0.4) is 0 Å². The third kappa shape index (κ3) is 3.56. The van der Waals surface area contributed by atoms with Crippen LogP contribution in [0, 0.1) is 17.0 Å². The first-order valence-electron chi connectivity index (χ1n) is 6.65. The summed E-state index contributed by atoms with van der Waals surface area (Å²) in [6.45, 7) is 2.95. The van der Waals surface area contributed by atoms with Crippen molar-refractivity contribution in [2.45, 2.75) is 38.8 Å². The van der Waals surface area contributed by atoms with Gasteiger partial charge in [0.25, 0.3) is 11.6 Å². The smallest absolute Gasteiger partial charge is 0.339 e. The van der Waals surface area contributed by atoms with Gasteiger partial charge < -0.3 is 10.1 Å². The van der Waals surface area contributed by atoms with Gasteiger partial charge in [0.05, 0.1) is 10.5 Å². The first kappa shape index (κ1) is 15.0. The third-order valence-electron chi connectivity index (χ3n) is 3.30. The van der Waals surface area contributed by atoms with Crippen LogP contribution in [0.2, 0.25) is 0 Å². The minimum Gasteiger partial charge on any atom is -0.449 e. The summed E-state index contributed by atoms with van der Waals surface area (Å²) in [4.78, 5) is 34.0. The number of nitrogens with zero attached hydrogens (tertiary/aromatic N) is 1. The van der Waals surface area contributed by atoms with Crippen LogP contribution < -0.4 is 5.32 Å². The van der Waals surface area contributed by atoms with E-state index < -0.39 is 17.0 Å². The lowest BCUT2D eigenvalue weighted by atomic mass is 10.1. The van der Waals surface area contributed by atoms with Crippen LogP contribution in [0.1, 0.15) is 35.7 Å². The summed E-state index contributed by atoms with van der Waals surface area (Å²) in [7, 11) is 0. The monoisotopic (exact) mass is 292 g/mol. The summed E-state index contributed by atoms with van der Waals surface area (Å²) < 4.78 is 5.07. The normalized spacial score (nSPS) is 15.1. The molecule has 1 atom stereocenters. The number of ether oxygens (including phenoxy) is 1. The van der Waals surface area contributed by atoms with E-state index in [0.717, 1.165) is 12.8 Å². The topological polar surface area (TPSA) is 98.5 Å². The Labute approximate surface area is 121 Å². The second kappa shape index (κ2) is 5.90. The van der Waals surface area contributed by atoms with Crippen LogP contribution >= 0.6 is 0 Å². The molecule has 0 bridgehead atoms. The van der Waals surface area contributed by atoms with E-state index in [9.17, 15) is 19.7 Å². The molecule has 2 rings (SSSR count). The minimum atomic E-state index is -0.934. The highest BCUT2D eigenvalue weighted by Crippen LogP contribution is 2.22. The zero-order valence-corrected chi connectivity index (χ0v) is 11.8. The Hall–Kier alpha value is -2.44. The fraction of sp³-hybridized carbons (Fsp3) is 0.429. The number of nitrogens with one attached hydrogen (secondary N) is 1. The number of carbonyl (C=O) groups is 2. The minimum absolute atomic E-state index is 0.0928. The summed E-state index contributed by atoms with van der Waals surface area (Å²) >= 11 is 0. The number of nitro benzene ring substituents is 1. The van der Waals surface area contributed by atoms with Crippen molar-refractivity contribution in [3.63, 3.8) is 0 Å². The van der Waals surface area contributed by atoms with E-state index >= 15 is 0 Å². The molecule has 1 aliphatic carbocycles. The van der Waals surface area contributed by atoms with E-state index in [2.05, 4.69) is 5.32 Å². The molecule has 0 aromatic heterocycles. The molecule has 1 aromatic carbocycles. The highest BCUT2D eigenvalue weighted by Gasteiger charge is 2.28. The SMILES string of the molecule is Cc1c(C(=O)OC(C)C(=O)NC2CC2)cccc1[N+](=O)[O-]. The van der Waals surface area contributed by atoms with Gasteiger partial charge in [-0.05, 0) is 32.8 Å². The summed E-state index contributed by atoms with van der Waals surface area (Å²) in [5.41, 5.74) is 0.164. The third-order valence-corrected chi connectivity index (χ3v) is 3.30. The number of hydrogen-bond donors (Lipinski definition) is 1. The van der Waals surface area contributed by atoms with Gasteiger partial charge in [-0.15, -0.1) is 0 Å². The second-order valence-corrected chi connectivity index (χ2v) is 5.04. The zero-order chi connectivity index (χ0) is 15.6. The number of benzene rings is 1. The molecular weight excluding hydrogens is 276 g/mol. The molecule has 1 aromatic rings. The Bertz CT molecular complexity index is 595. The van der Waals surface area contributed by atoms with Crippen LogP contribution in [0.4, 0.5) is 5.69 Å². The highest BCUT2D eigenvalue weighted by molar-refractivity contribution is 5.94. The first-order chi connectivity index (χ1) is 9.90. The maximum absolute atomic E-state index is 12.0. The summed E-state index contributed by atoms with van der Waals surface area (Å²) in [5, 5.41) is 13.6. The van der Waals surface area contributed by atoms with Crippen LogP contribution in [-0.4, -0.2) is 28.9 Å². The Morgan fingerprint density at radius 2 is 2.10 bits per heavy atom. The van der Waals surface area contributed by atoms with E-state index in [0.29, 0.717) is 0 Å². The molecule has 0 saturated heterocycles. The van der Waals surface area contributed by atoms with Gasteiger partial charge in [0.15, 0.2) is 6.10 Å². The molecule has 0 radical (unpaired) electrons. The number of nitro groups is 1. The van der Waals surface area contributed by atoms with E-state index in [1.165, 1.54) is 32.0 Å². The van der Waals surface area contributed by atoms with E-state index in [1.54, 1.807) is 0 Å². The predicted molar refractivity (Wildman–Crippen MR) is 73.9 cm³/mol. The number of esters is 1. The molecule has 7 heteroatoms. The summed E-state index contributed by atoms with van der Waals surface area (Å²) in [6.07, 6.45) is 0.948. The number of hydrogen-bond acceptors (Lipinski definition) is 5. The second-order valence-electron chi connectivity index (χ2n) is 5.04. The Kier molecular flexibility index (Phi) is 4.21. The average Bonchev–Trinajstić information content (AvgIpc) is 3.22. The van der Waals surface area contributed by atoms with Gasteiger partial charge in [-0.1, -0.05) is 6.07 Å². The Morgan fingerprint density at radius 3 is 2.67 bits per heavy atom. The lowest BCUT2D eigenvalue weighted by molar-refractivity contribution is -0.385. The van der Waals surface area contributed by atoms with Gasteiger partial charge in [-0.2, -0.15) is 0 Å². The van der Waals surface area contributed by atoms with Gasteiger partial charge in [-0.25, -0.2) is 4.79 Å². The molecule has 1 unspecified atom stereocenters. The molecule has 1 aliphatic rings. The zero-order valence-electron chi connectivity index (χ0n) is 11.8. The van der Waals surface area contributed by atoms with Crippen molar-refractivity contribution in [1.29, 1.82) is 0 Å². The Morgan fingerprint density at radius 1 is 1.43 bits per heavy atom. The predicted octanol–water partition coefficient (Wildman–Crippen LogP) is 1.73. The highest BCUT2D eigenvalue weighted by atomic mass is 16.6. The molecule has 0 aliphatic heterocycles. The molecule has 1 fully saturated rings. The van der Waals surface area contributed by atoms with Crippen LogP contribution in [0.25, 0.3) is 0 Å².